The summed E-state index contributed by atoms with van der Waals surface area (Å²) in [7, 11) is 0. The molecule has 3 aromatic carbocycles. The summed E-state index contributed by atoms with van der Waals surface area (Å²) in [5, 5.41) is 16.6. The molecule has 0 radical (unpaired) electrons. The summed E-state index contributed by atoms with van der Waals surface area (Å²) in [5.41, 5.74) is 5.22. The van der Waals surface area contributed by atoms with E-state index in [1.807, 2.05) is 30.3 Å². The Balaban J connectivity index is 1.78. The molecule has 2 N–H and O–H groups in total. The van der Waals surface area contributed by atoms with Crippen molar-refractivity contribution in [3.05, 3.63) is 59.7 Å². The van der Waals surface area contributed by atoms with E-state index in [1.165, 1.54) is 0 Å². The summed E-state index contributed by atoms with van der Waals surface area (Å²) in [6.07, 6.45) is 1.82. The van der Waals surface area contributed by atoms with E-state index >= 15 is 0 Å². The summed E-state index contributed by atoms with van der Waals surface area (Å²) in [4.78, 5) is 26.2. The Morgan fingerprint density at radius 2 is 1.38 bits per heavy atom. The molecule has 2 bridgehead atoms. The molecule has 6 heteroatoms. The van der Waals surface area contributed by atoms with E-state index in [-0.39, 0.29) is 36.4 Å². The first-order valence-corrected chi connectivity index (χ1v) is 11.2. The van der Waals surface area contributed by atoms with Gasteiger partial charge in [0.25, 0.3) is 11.8 Å². The number of aromatic nitrogens is 2. The number of fused-ring (bicyclic) bond motifs is 13. The maximum Gasteiger partial charge on any atom is 0.259 e. The van der Waals surface area contributed by atoms with Gasteiger partial charge in [-0.1, -0.05) is 36.4 Å². The third-order valence-corrected chi connectivity index (χ3v) is 8.04. The highest BCUT2D eigenvalue weighted by Crippen LogP contribution is 2.55. The van der Waals surface area contributed by atoms with Crippen molar-refractivity contribution in [1.29, 1.82) is 0 Å². The van der Waals surface area contributed by atoms with E-state index in [1.54, 1.807) is 0 Å². The summed E-state index contributed by atoms with van der Waals surface area (Å²) in [5.74, 6) is -0.485. The van der Waals surface area contributed by atoms with Gasteiger partial charge < -0.3 is 14.2 Å². The van der Waals surface area contributed by atoms with Crippen LogP contribution in [0.2, 0.25) is 0 Å². The number of para-hydroxylation sites is 2. The summed E-state index contributed by atoms with van der Waals surface area (Å²) >= 11 is 0. The number of nitrogens with zero attached hydrogens (tertiary/aromatic N) is 2. The lowest BCUT2D eigenvalue weighted by molar-refractivity contribution is 0.0880. The molecule has 2 aliphatic heterocycles. The molecule has 5 aromatic rings. The van der Waals surface area contributed by atoms with Gasteiger partial charge in [-0.25, -0.2) is 0 Å². The average Bonchev–Trinajstić information content (AvgIpc) is 3.50. The molecule has 4 heterocycles. The van der Waals surface area contributed by atoms with Crippen LogP contribution in [-0.2, 0) is 0 Å². The largest absolute Gasteiger partial charge is 0.396 e. The predicted octanol–water partition coefficient (Wildman–Crippen LogP) is 4.28. The third-order valence-electron chi connectivity index (χ3n) is 8.04. The van der Waals surface area contributed by atoms with Crippen LogP contribution in [-0.4, -0.2) is 32.7 Å². The molecule has 2 aromatic heterocycles. The zero-order valence-electron chi connectivity index (χ0n) is 17.1. The van der Waals surface area contributed by atoms with Crippen molar-refractivity contribution in [3.8, 4) is 0 Å². The number of hydrogen-bond donors (Lipinski definition) is 2. The predicted molar refractivity (Wildman–Crippen MR) is 122 cm³/mol. The quantitative estimate of drug-likeness (QED) is 0.397. The molecule has 156 valence electrons. The number of hydrogen-bond acceptors (Lipinski definition) is 3. The van der Waals surface area contributed by atoms with E-state index in [9.17, 15) is 14.7 Å². The number of nitrogens with one attached hydrogen (secondary N) is 1. The Morgan fingerprint density at radius 3 is 2.00 bits per heavy atom. The lowest BCUT2D eigenvalue weighted by atomic mass is 9.96. The highest BCUT2D eigenvalue weighted by atomic mass is 16.3. The Hall–Kier alpha value is -3.64. The van der Waals surface area contributed by atoms with E-state index < -0.39 is 0 Å². The molecule has 1 unspecified atom stereocenters. The summed E-state index contributed by atoms with van der Waals surface area (Å²) in [6.45, 7) is 0.136. The van der Waals surface area contributed by atoms with Gasteiger partial charge in [0.15, 0.2) is 0 Å². The second kappa shape index (κ2) is 5.40. The third kappa shape index (κ3) is 1.68. The van der Waals surface area contributed by atoms with Crippen LogP contribution in [0.15, 0.2) is 48.5 Å². The first-order valence-electron chi connectivity index (χ1n) is 11.2. The molecule has 1 aliphatic carbocycles. The smallest absolute Gasteiger partial charge is 0.259 e. The van der Waals surface area contributed by atoms with Gasteiger partial charge in [0.05, 0.1) is 22.2 Å². The van der Waals surface area contributed by atoms with Crippen molar-refractivity contribution in [3.63, 3.8) is 0 Å². The molecule has 1 fully saturated rings. The zero-order valence-corrected chi connectivity index (χ0v) is 17.1. The minimum Gasteiger partial charge on any atom is -0.396 e. The van der Waals surface area contributed by atoms with Crippen LogP contribution in [0.25, 0.3) is 43.6 Å². The second-order valence-corrected chi connectivity index (χ2v) is 9.39. The normalized spacial score (nSPS) is 23.7. The van der Waals surface area contributed by atoms with Crippen molar-refractivity contribution >= 4 is 55.4 Å². The van der Waals surface area contributed by atoms with Gasteiger partial charge in [0, 0.05) is 57.2 Å². The lowest BCUT2D eigenvalue weighted by Gasteiger charge is -2.22. The Morgan fingerprint density at radius 1 is 0.812 bits per heavy atom. The van der Waals surface area contributed by atoms with Gasteiger partial charge in [0.2, 0.25) is 0 Å². The van der Waals surface area contributed by atoms with Crippen molar-refractivity contribution in [2.24, 2.45) is 5.92 Å². The van der Waals surface area contributed by atoms with Gasteiger partial charge in [0.1, 0.15) is 0 Å². The first-order chi connectivity index (χ1) is 15.7. The molecule has 0 saturated heterocycles. The van der Waals surface area contributed by atoms with Gasteiger partial charge in [-0.05, 0) is 25.0 Å². The van der Waals surface area contributed by atoms with Crippen molar-refractivity contribution in [1.82, 2.24) is 14.5 Å². The summed E-state index contributed by atoms with van der Waals surface area (Å²) < 4.78 is 4.76. The van der Waals surface area contributed by atoms with Crippen molar-refractivity contribution in [2.75, 3.05) is 6.61 Å². The number of aliphatic hydroxyl groups is 1. The minimum absolute atomic E-state index is 0.136. The molecule has 1 saturated carbocycles. The molecular weight excluding hydrogens is 402 g/mol. The molecular formula is C26H19N3O3. The van der Waals surface area contributed by atoms with Crippen LogP contribution in [0.4, 0.5) is 0 Å². The van der Waals surface area contributed by atoms with Crippen molar-refractivity contribution < 1.29 is 14.7 Å². The molecule has 8 rings (SSSR count). The average molecular weight is 421 g/mol. The molecule has 32 heavy (non-hydrogen) atoms. The van der Waals surface area contributed by atoms with Crippen LogP contribution >= 0.6 is 0 Å². The van der Waals surface area contributed by atoms with E-state index in [2.05, 4.69) is 32.7 Å². The van der Waals surface area contributed by atoms with Crippen LogP contribution in [0.5, 0.6) is 0 Å². The van der Waals surface area contributed by atoms with E-state index in [0.717, 1.165) is 56.5 Å². The number of benzene rings is 3. The number of amides is 2. The Bertz CT molecular complexity index is 1710. The SMILES string of the molecule is O=C1NC(=O)c2c1c1c3ccccc3n3c1c1c2c2ccccc2n1[C@@H]1CC3C[C@H]1CO. The minimum atomic E-state index is -0.320. The zero-order chi connectivity index (χ0) is 21.3. The van der Waals surface area contributed by atoms with Gasteiger partial charge in [-0.15, -0.1) is 0 Å². The highest BCUT2D eigenvalue weighted by molar-refractivity contribution is 6.39. The van der Waals surface area contributed by atoms with E-state index in [0.29, 0.717) is 11.1 Å². The van der Waals surface area contributed by atoms with Gasteiger partial charge in [-0.2, -0.15) is 0 Å². The molecule has 2 amide bonds. The molecule has 0 spiro atoms. The fourth-order valence-corrected chi connectivity index (χ4v) is 6.95. The number of aliphatic hydroxyl groups excluding tert-OH is 1. The molecule has 6 nitrogen and oxygen atoms in total. The topological polar surface area (TPSA) is 76.3 Å². The monoisotopic (exact) mass is 421 g/mol. The van der Waals surface area contributed by atoms with Gasteiger partial charge >= 0.3 is 0 Å². The van der Waals surface area contributed by atoms with Crippen LogP contribution in [0.3, 0.4) is 0 Å². The highest BCUT2D eigenvalue weighted by Gasteiger charge is 2.44. The van der Waals surface area contributed by atoms with Gasteiger partial charge in [-0.3, -0.25) is 14.9 Å². The molecule has 3 atom stereocenters. The summed E-state index contributed by atoms with van der Waals surface area (Å²) in [6, 6.07) is 16.7. The Labute approximate surface area is 182 Å². The number of rotatable bonds is 1. The maximum atomic E-state index is 13.1. The number of imide groups is 1. The van der Waals surface area contributed by atoms with Crippen LogP contribution < -0.4 is 5.32 Å². The standard InChI is InChI=1S/C26H19N3O3/c30-11-12-9-13-10-18(12)29-17-8-4-2-6-15(17)20-22-21(25(31)27-26(22)32)19-14-5-1-3-7-16(14)28(13)23(19)24(20)29/h1-8,12-13,18,30H,9-11H2,(H,27,31,32)/t12-,13?,18+/m0/s1. The lowest BCUT2D eigenvalue weighted by Crippen LogP contribution is -2.20. The fraction of sp³-hybridized carbons (Fsp3) is 0.231. The maximum absolute atomic E-state index is 13.1. The molecule has 3 aliphatic rings. The second-order valence-electron chi connectivity index (χ2n) is 9.39. The van der Waals surface area contributed by atoms with E-state index in [4.69, 9.17) is 0 Å². The van der Waals surface area contributed by atoms with Crippen molar-refractivity contribution in [2.45, 2.75) is 24.9 Å². The van der Waals surface area contributed by atoms with Crippen LogP contribution in [0.1, 0.15) is 45.6 Å². The number of carbonyl (C=O) groups is 2. The number of carbonyl (C=O) groups excluding carboxylic acids is 2. The fourth-order valence-electron chi connectivity index (χ4n) is 6.95. The van der Waals surface area contributed by atoms with Crippen LogP contribution in [0, 0.1) is 5.92 Å². The first kappa shape index (κ1) is 17.0. The Kier molecular flexibility index (Phi) is 2.86.